The zero-order valence-electron chi connectivity index (χ0n) is 17.1. The molecule has 1 amide bonds. The summed E-state index contributed by atoms with van der Waals surface area (Å²) >= 11 is 0. The minimum Gasteiger partial charge on any atom is -0.497 e. The van der Waals surface area contributed by atoms with E-state index < -0.39 is 11.0 Å². The molecule has 2 rings (SSSR count). The molecule has 0 fully saturated rings. The number of amides is 1. The van der Waals surface area contributed by atoms with Crippen LogP contribution in [0.5, 0.6) is 17.2 Å². The average molecular weight is 403 g/mol. The van der Waals surface area contributed by atoms with Crippen molar-refractivity contribution in [2.24, 2.45) is 0 Å². The van der Waals surface area contributed by atoms with Crippen LogP contribution in [0.25, 0.3) is 0 Å². The van der Waals surface area contributed by atoms with E-state index in [1.807, 2.05) is 24.1 Å². The molecule has 0 heterocycles. The molecule has 2 aromatic rings. The minimum atomic E-state index is -0.521. The number of nitro benzene ring substituents is 1. The van der Waals surface area contributed by atoms with Crippen LogP contribution in [-0.4, -0.2) is 50.1 Å². The lowest BCUT2D eigenvalue weighted by Crippen LogP contribution is -2.39. The van der Waals surface area contributed by atoms with Crippen molar-refractivity contribution in [1.29, 1.82) is 0 Å². The third-order valence-electron chi connectivity index (χ3n) is 4.61. The second kappa shape index (κ2) is 9.74. The number of carbonyl (C=O) groups excluding carboxylic acids is 1. The van der Waals surface area contributed by atoms with E-state index in [1.165, 1.54) is 25.3 Å². The summed E-state index contributed by atoms with van der Waals surface area (Å²) in [4.78, 5) is 24.9. The van der Waals surface area contributed by atoms with Gasteiger partial charge in [0.05, 0.1) is 44.0 Å². The minimum absolute atomic E-state index is 0.114. The first kappa shape index (κ1) is 22.0. The lowest BCUT2D eigenvalue weighted by molar-refractivity contribution is -0.384. The molecule has 0 aromatic heterocycles. The molecular formula is C20H25N3O6. The van der Waals surface area contributed by atoms with Crippen molar-refractivity contribution in [2.75, 3.05) is 33.7 Å². The summed E-state index contributed by atoms with van der Waals surface area (Å²) in [6.07, 6.45) is 0. The average Bonchev–Trinajstić information content (AvgIpc) is 2.73. The molecule has 0 spiro atoms. The number of likely N-dealkylation sites (N-methyl/N-ethyl adjacent to an activating group) is 1. The summed E-state index contributed by atoms with van der Waals surface area (Å²) < 4.78 is 15.8. The quantitative estimate of drug-likeness (QED) is 0.507. The Morgan fingerprint density at radius 3 is 2.38 bits per heavy atom. The molecular weight excluding hydrogens is 378 g/mol. The lowest BCUT2D eigenvalue weighted by Gasteiger charge is -2.25. The summed E-state index contributed by atoms with van der Waals surface area (Å²) in [7, 11) is 6.37. The molecule has 0 unspecified atom stereocenters. The number of ether oxygens (including phenoxy) is 3. The number of nitro groups is 1. The second-order valence-corrected chi connectivity index (χ2v) is 6.40. The van der Waals surface area contributed by atoms with Gasteiger partial charge in [-0.2, -0.15) is 0 Å². The molecule has 1 N–H and O–H groups in total. The number of hydrogen-bond acceptors (Lipinski definition) is 7. The van der Waals surface area contributed by atoms with Crippen LogP contribution in [0, 0.1) is 10.1 Å². The molecule has 0 aliphatic carbocycles. The molecule has 156 valence electrons. The summed E-state index contributed by atoms with van der Waals surface area (Å²) in [5.41, 5.74) is 1.16. The first-order chi connectivity index (χ1) is 13.8. The molecule has 0 aliphatic heterocycles. The van der Waals surface area contributed by atoms with Crippen molar-refractivity contribution in [3.05, 3.63) is 52.1 Å². The molecule has 29 heavy (non-hydrogen) atoms. The summed E-state index contributed by atoms with van der Waals surface area (Å²) in [5.74, 6) is 1.30. The Kier molecular flexibility index (Phi) is 7.38. The van der Waals surface area contributed by atoms with Crippen molar-refractivity contribution in [3.63, 3.8) is 0 Å². The van der Waals surface area contributed by atoms with Crippen LogP contribution in [0.2, 0.25) is 0 Å². The maximum atomic E-state index is 12.7. The second-order valence-electron chi connectivity index (χ2n) is 6.40. The molecule has 9 heteroatoms. The van der Waals surface area contributed by atoms with Crippen molar-refractivity contribution < 1.29 is 23.9 Å². The molecule has 0 saturated heterocycles. The van der Waals surface area contributed by atoms with Crippen LogP contribution >= 0.6 is 0 Å². The maximum Gasteiger partial charge on any atom is 0.273 e. The van der Waals surface area contributed by atoms with Gasteiger partial charge in [0.25, 0.3) is 5.69 Å². The number of rotatable bonds is 9. The van der Waals surface area contributed by atoms with E-state index in [1.54, 1.807) is 27.2 Å². The lowest BCUT2D eigenvalue weighted by atomic mass is 10.1. The van der Waals surface area contributed by atoms with Gasteiger partial charge in [-0.15, -0.1) is 0 Å². The molecule has 0 bridgehead atoms. The number of benzene rings is 2. The van der Waals surface area contributed by atoms with E-state index >= 15 is 0 Å². The Balaban J connectivity index is 2.11. The smallest absolute Gasteiger partial charge is 0.273 e. The number of nitrogens with zero attached hydrogens (tertiary/aromatic N) is 2. The fourth-order valence-corrected chi connectivity index (χ4v) is 2.72. The highest BCUT2D eigenvalue weighted by molar-refractivity contribution is 5.96. The molecule has 0 aliphatic rings. The third-order valence-corrected chi connectivity index (χ3v) is 4.61. The monoisotopic (exact) mass is 403 g/mol. The summed E-state index contributed by atoms with van der Waals surface area (Å²) in [6, 6.07) is 9.06. The van der Waals surface area contributed by atoms with E-state index in [9.17, 15) is 14.9 Å². The van der Waals surface area contributed by atoms with Gasteiger partial charge in [0, 0.05) is 24.2 Å². The standard InChI is InChI=1S/C20H25N3O6/c1-13(22(2)12-14-6-8-16(27-3)11-18(14)28-4)20(24)21-17-9-7-15(23(25)26)10-19(17)29-5/h6-11,13H,12H2,1-5H3,(H,21,24)/t13-/m1/s1. The Labute approximate surface area is 169 Å². The van der Waals surface area contributed by atoms with Crippen LogP contribution < -0.4 is 19.5 Å². The van der Waals surface area contributed by atoms with Gasteiger partial charge in [-0.05, 0) is 26.1 Å². The van der Waals surface area contributed by atoms with Gasteiger partial charge >= 0.3 is 0 Å². The van der Waals surface area contributed by atoms with Crippen LogP contribution in [0.3, 0.4) is 0 Å². The maximum absolute atomic E-state index is 12.7. The number of non-ortho nitro benzene ring substituents is 1. The van der Waals surface area contributed by atoms with Gasteiger partial charge in [0.1, 0.15) is 17.2 Å². The highest BCUT2D eigenvalue weighted by Gasteiger charge is 2.21. The zero-order chi connectivity index (χ0) is 21.6. The van der Waals surface area contributed by atoms with Crippen LogP contribution in [-0.2, 0) is 11.3 Å². The third kappa shape index (κ3) is 5.35. The van der Waals surface area contributed by atoms with Crippen molar-refractivity contribution in [2.45, 2.75) is 19.5 Å². The zero-order valence-corrected chi connectivity index (χ0v) is 17.1. The van der Waals surface area contributed by atoms with Gasteiger partial charge in [0.15, 0.2) is 0 Å². The van der Waals surface area contributed by atoms with E-state index in [4.69, 9.17) is 14.2 Å². The van der Waals surface area contributed by atoms with E-state index in [-0.39, 0.29) is 17.3 Å². The number of carbonyl (C=O) groups is 1. The highest BCUT2D eigenvalue weighted by Crippen LogP contribution is 2.30. The first-order valence-electron chi connectivity index (χ1n) is 8.85. The Hall–Kier alpha value is -3.33. The SMILES string of the molecule is COc1ccc(CN(C)[C@H](C)C(=O)Nc2ccc([N+](=O)[O-])cc2OC)c(OC)c1. The first-order valence-corrected chi connectivity index (χ1v) is 8.85. The summed E-state index contributed by atoms with van der Waals surface area (Å²) in [6.45, 7) is 2.24. The Morgan fingerprint density at radius 2 is 1.79 bits per heavy atom. The molecule has 2 aromatic carbocycles. The molecule has 9 nitrogen and oxygen atoms in total. The molecule has 1 atom stereocenters. The molecule has 0 saturated carbocycles. The van der Waals surface area contributed by atoms with Gasteiger partial charge in [-0.25, -0.2) is 0 Å². The predicted molar refractivity (Wildman–Crippen MR) is 109 cm³/mol. The van der Waals surface area contributed by atoms with E-state index in [0.29, 0.717) is 23.7 Å². The fourth-order valence-electron chi connectivity index (χ4n) is 2.72. The predicted octanol–water partition coefficient (Wildman–Crippen LogP) is 3.08. The van der Waals surface area contributed by atoms with Gasteiger partial charge < -0.3 is 19.5 Å². The largest absolute Gasteiger partial charge is 0.497 e. The van der Waals surface area contributed by atoms with E-state index in [2.05, 4.69) is 5.32 Å². The van der Waals surface area contributed by atoms with Crippen LogP contribution in [0.1, 0.15) is 12.5 Å². The van der Waals surface area contributed by atoms with Gasteiger partial charge in [-0.3, -0.25) is 19.8 Å². The van der Waals surface area contributed by atoms with Crippen LogP contribution in [0.4, 0.5) is 11.4 Å². The Bertz CT molecular complexity index is 887. The normalized spacial score (nSPS) is 11.7. The number of anilines is 1. The Morgan fingerprint density at radius 1 is 1.10 bits per heavy atom. The summed E-state index contributed by atoms with van der Waals surface area (Å²) in [5, 5.41) is 13.7. The topological polar surface area (TPSA) is 103 Å². The van der Waals surface area contributed by atoms with Crippen molar-refractivity contribution in [3.8, 4) is 17.2 Å². The van der Waals surface area contributed by atoms with Crippen LogP contribution in [0.15, 0.2) is 36.4 Å². The van der Waals surface area contributed by atoms with Gasteiger partial charge in [-0.1, -0.05) is 6.07 Å². The van der Waals surface area contributed by atoms with E-state index in [0.717, 1.165) is 5.56 Å². The highest BCUT2D eigenvalue weighted by atomic mass is 16.6. The fraction of sp³-hybridized carbons (Fsp3) is 0.350. The van der Waals surface area contributed by atoms with Crippen molar-refractivity contribution >= 4 is 17.3 Å². The number of nitrogens with one attached hydrogen (secondary N) is 1. The van der Waals surface area contributed by atoms with Gasteiger partial charge in [0.2, 0.25) is 5.91 Å². The molecule has 0 radical (unpaired) electrons. The number of hydrogen-bond donors (Lipinski definition) is 1. The number of methoxy groups -OCH3 is 3. The van der Waals surface area contributed by atoms with Crippen molar-refractivity contribution in [1.82, 2.24) is 4.90 Å².